The van der Waals surface area contributed by atoms with E-state index >= 15 is 0 Å². The van der Waals surface area contributed by atoms with Crippen LogP contribution in [0.3, 0.4) is 0 Å². The van der Waals surface area contributed by atoms with Gasteiger partial charge >= 0.3 is 0 Å². The summed E-state index contributed by atoms with van der Waals surface area (Å²) in [5, 5.41) is 0.436. The first-order chi connectivity index (χ1) is 15.5. The fraction of sp³-hybridized carbons (Fsp3) is 0.250. The van der Waals surface area contributed by atoms with Crippen molar-refractivity contribution in [1.82, 2.24) is 24.1 Å². The number of methoxy groups -OCH3 is 2. The molecule has 0 saturated carbocycles. The molecule has 0 N–H and O–H groups in total. The Morgan fingerprint density at radius 1 is 0.969 bits per heavy atom. The van der Waals surface area contributed by atoms with E-state index in [1.54, 1.807) is 25.1 Å². The van der Waals surface area contributed by atoms with Crippen LogP contribution in [0.15, 0.2) is 53.6 Å². The third kappa shape index (κ3) is 3.07. The van der Waals surface area contributed by atoms with E-state index in [2.05, 4.69) is 18.8 Å². The lowest BCUT2D eigenvalue weighted by molar-refractivity contribution is 0.402. The second kappa shape index (κ2) is 7.64. The summed E-state index contributed by atoms with van der Waals surface area (Å²) in [6, 6.07) is 13.1. The first kappa shape index (κ1) is 20.0. The van der Waals surface area contributed by atoms with Gasteiger partial charge in [0.1, 0.15) is 22.4 Å². The topological polar surface area (TPSA) is 84.1 Å². The number of nitrogens with zero attached hydrogens (tertiary/aromatic N) is 5. The number of ether oxygens (including phenoxy) is 2. The van der Waals surface area contributed by atoms with Crippen LogP contribution in [-0.2, 0) is 6.54 Å². The van der Waals surface area contributed by atoms with Gasteiger partial charge in [0.15, 0.2) is 11.3 Å². The Morgan fingerprint density at radius 2 is 1.72 bits per heavy atom. The molecule has 0 fully saturated rings. The Hall–Kier alpha value is -3.94. The van der Waals surface area contributed by atoms with Gasteiger partial charge in [-0.3, -0.25) is 13.9 Å². The Balaban J connectivity index is 1.97. The summed E-state index contributed by atoms with van der Waals surface area (Å²) in [7, 11) is 3.21. The average molecular weight is 429 g/mol. The maximum absolute atomic E-state index is 13.5. The zero-order chi connectivity index (χ0) is 22.4. The van der Waals surface area contributed by atoms with Gasteiger partial charge in [-0.1, -0.05) is 26.0 Å². The summed E-state index contributed by atoms with van der Waals surface area (Å²) in [6.07, 6.45) is 1.59. The van der Waals surface area contributed by atoms with E-state index in [0.29, 0.717) is 51.8 Å². The standard InChI is InChI=1S/C24H23N5O3/c1-14(2)12-28-13-25-22-20(24(28)30)21-23(27-17-8-6-5-7-16(17)26-21)29(22)18-11-15(31-3)9-10-19(18)32-4/h5-11,13-14H,12H2,1-4H3. The van der Waals surface area contributed by atoms with Gasteiger partial charge in [-0.2, -0.15) is 0 Å². The molecule has 0 spiro atoms. The highest BCUT2D eigenvalue weighted by Gasteiger charge is 2.23. The van der Waals surface area contributed by atoms with Gasteiger partial charge in [-0.15, -0.1) is 0 Å². The monoisotopic (exact) mass is 429 g/mol. The minimum Gasteiger partial charge on any atom is -0.497 e. The lowest BCUT2D eigenvalue weighted by atomic mass is 10.2. The first-order valence-electron chi connectivity index (χ1n) is 10.4. The summed E-state index contributed by atoms with van der Waals surface area (Å²) in [6.45, 7) is 4.70. The van der Waals surface area contributed by atoms with Gasteiger partial charge in [-0.25, -0.2) is 15.0 Å². The predicted octanol–water partition coefficient (Wildman–Crippen LogP) is 3.96. The molecule has 0 amide bonds. The van der Waals surface area contributed by atoms with Gasteiger partial charge in [0, 0.05) is 12.6 Å². The van der Waals surface area contributed by atoms with Crippen molar-refractivity contribution in [3.05, 3.63) is 59.1 Å². The lowest BCUT2D eigenvalue weighted by Gasteiger charge is -2.13. The molecule has 0 saturated heterocycles. The van der Waals surface area contributed by atoms with Crippen LogP contribution in [0.4, 0.5) is 0 Å². The zero-order valence-electron chi connectivity index (χ0n) is 18.4. The van der Waals surface area contributed by atoms with E-state index in [1.807, 2.05) is 47.0 Å². The Morgan fingerprint density at radius 3 is 2.41 bits per heavy atom. The number of rotatable bonds is 5. The Labute approximate surface area is 184 Å². The summed E-state index contributed by atoms with van der Waals surface area (Å²) >= 11 is 0. The molecule has 0 aliphatic heterocycles. The molecular formula is C24H23N5O3. The van der Waals surface area contributed by atoms with Crippen LogP contribution in [0.1, 0.15) is 13.8 Å². The molecule has 8 heteroatoms. The van der Waals surface area contributed by atoms with E-state index in [-0.39, 0.29) is 5.56 Å². The van der Waals surface area contributed by atoms with Crippen molar-refractivity contribution in [2.24, 2.45) is 5.92 Å². The van der Waals surface area contributed by atoms with Crippen LogP contribution in [0.2, 0.25) is 0 Å². The number of para-hydroxylation sites is 2. The largest absolute Gasteiger partial charge is 0.497 e. The second-order valence-electron chi connectivity index (χ2n) is 8.05. The third-order valence-electron chi connectivity index (χ3n) is 5.42. The number of hydrogen-bond acceptors (Lipinski definition) is 6. The number of aromatic nitrogens is 5. The molecule has 2 aromatic carbocycles. The molecule has 0 unspecified atom stereocenters. The van der Waals surface area contributed by atoms with Gasteiger partial charge in [0.05, 0.1) is 37.3 Å². The smallest absolute Gasteiger partial charge is 0.265 e. The Bertz CT molecular complexity index is 1530. The molecule has 162 valence electrons. The quantitative estimate of drug-likeness (QED) is 0.421. The highest BCUT2D eigenvalue weighted by Crippen LogP contribution is 2.34. The number of hydrogen-bond donors (Lipinski definition) is 0. The van der Waals surface area contributed by atoms with Gasteiger partial charge in [0.2, 0.25) is 0 Å². The van der Waals surface area contributed by atoms with Gasteiger partial charge in [0.25, 0.3) is 5.56 Å². The molecule has 3 heterocycles. The van der Waals surface area contributed by atoms with E-state index < -0.39 is 0 Å². The summed E-state index contributed by atoms with van der Waals surface area (Å²) in [5.41, 5.74) is 3.51. The third-order valence-corrected chi connectivity index (χ3v) is 5.42. The molecule has 5 rings (SSSR count). The van der Waals surface area contributed by atoms with Crippen molar-refractivity contribution in [2.75, 3.05) is 14.2 Å². The molecule has 0 aliphatic carbocycles. The molecule has 3 aromatic heterocycles. The normalized spacial score (nSPS) is 11.7. The Kier molecular flexibility index (Phi) is 4.77. The molecule has 0 aliphatic rings. The molecule has 5 aromatic rings. The summed E-state index contributed by atoms with van der Waals surface area (Å²) in [5.74, 6) is 1.55. The zero-order valence-corrected chi connectivity index (χ0v) is 18.4. The molecule has 0 radical (unpaired) electrons. The van der Waals surface area contributed by atoms with E-state index in [0.717, 1.165) is 11.0 Å². The van der Waals surface area contributed by atoms with Crippen molar-refractivity contribution in [3.8, 4) is 17.2 Å². The highest BCUT2D eigenvalue weighted by atomic mass is 16.5. The predicted molar refractivity (Wildman–Crippen MR) is 124 cm³/mol. The maximum atomic E-state index is 13.5. The van der Waals surface area contributed by atoms with Crippen molar-refractivity contribution < 1.29 is 9.47 Å². The van der Waals surface area contributed by atoms with Crippen molar-refractivity contribution in [3.63, 3.8) is 0 Å². The van der Waals surface area contributed by atoms with Crippen molar-refractivity contribution in [1.29, 1.82) is 0 Å². The summed E-state index contributed by atoms with van der Waals surface area (Å²) < 4.78 is 14.5. The minimum absolute atomic E-state index is 0.140. The fourth-order valence-electron chi connectivity index (χ4n) is 4.00. The molecular weight excluding hydrogens is 406 g/mol. The number of fused-ring (bicyclic) bond motifs is 4. The maximum Gasteiger partial charge on any atom is 0.265 e. The minimum atomic E-state index is -0.140. The van der Waals surface area contributed by atoms with Gasteiger partial charge < -0.3 is 9.47 Å². The molecule has 8 nitrogen and oxygen atoms in total. The second-order valence-corrected chi connectivity index (χ2v) is 8.05. The van der Waals surface area contributed by atoms with E-state index in [1.165, 1.54) is 0 Å². The van der Waals surface area contributed by atoms with Crippen LogP contribution in [-0.4, -0.2) is 38.3 Å². The first-order valence-corrected chi connectivity index (χ1v) is 10.4. The van der Waals surface area contributed by atoms with E-state index in [4.69, 9.17) is 19.4 Å². The highest BCUT2D eigenvalue weighted by molar-refractivity contribution is 6.06. The summed E-state index contributed by atoms with van der Waals surface area (Å²) in [4.78, 5) is 27.9. The van der Waals surface area contributed by atoms with Crippen LogP contribution >= 0.6 is 0 Å². The van der Waals surface area contributed by atoms with E-state index in [9.17, 15) is 4.79 Å². The van der Waals surface area contributed by atoms with Crippen LogP contribution in [0.25, 0.3) is 38.9 Å². The molecule has 0 atom stereocenters. The molecule has 0 bridgehead atoms. The van der Waals surface area contributed by atoms with Crippen molar-refractivity contribution in [2.45, 2.75) is 20.4 Å². The van der Waals surface area contributed by atoms with Crippen LogP contribution < -0.4 is 15.0 Å². The fourth-order valence-corrected chi connectivity index (χ4v) is 4.00. The molecule has 32 heavy (non-hydrogen) atoms. The van der Waals surface area contributed by atoms with Crippen molar-refractivity contribution >= 4 is 33.2 Å². The lowest BCUT2D eigenvalue weighted by Crippen LogP contribution is -2.23. The van der Waals surface area contributed by atoms with Crippen LogP contribution in [0, 0.1) is 5.92 Å². The van der Waals surface area contributed by atoms with Gasteiger partial charge in [-0.05, 0) is 30.2 Å². The number of benzene rings is 2. The average Bonchev–Trinajstić information content (AvgIpc) is 3.12. The van der Waals surface area contributed by atoms with Crippen LogP contribution in [0.5, 0.6) is 11.5 Å². The SMILES string of the molecule is COc1ccc(OC)c(-n2c3nc4ccccc4nc3c3c(=O)n(CC(C)C)cnc32)c1.